The van der Waals surface area contributed by atoms with E-state index in [1.807, 2.05) is 10.8 Å². The van der Waals surface area contributed by atoms with Crippen molar-refractivity contribution >= 4 is 44.3 Å². The van der Waals surface area contributed by atoms with Gasteiger partial charge >= 0.3 is 0 Å². The fraction of sp³-hybridized carbons (Fsp3) is 0.125. The molecule has 0 bridgehead atoms. The van der Waals surface area contributed by atoms with Gasteiger partial charge in [-0.25, -0.2) is 14.4 Å². The first-order chi connectivity index (χ1) is 10.7. The third kappa shape index (κ3) is 2.38. The normalized spacial score (nSPS) is 11.5. The van der Waals surface area contributed by atoms with Gasteiger partial charge in [0.1, 0.15) is 5.82 Å². The van der Waals surface area contributed by atoms with Crippen LogP contribution in [0, 0.1) is 5.82 Å². The third-order valence-corrected chi connectivity index (χ3v) is 5.55. The lowest BCUT2D eigenvalue weighted by atomic mass is 10.2. The van der Waals surface area contributed by atoms with Crippen molar-refractivity contribution < 1.29 is 4.39 Å². The molecule has 0 aliphatic heterocycles. The molecule has 0 saturated carbocycles. The maximum atomic E-state index is 13.2. The molecule has 0 radical (unpaired) electrons. The minimum Gasteiger partial charge on any atom is -0.326 e. The summed E-state index contributed by atoms with van der Waals surface area (Å²) in [5, 5.41) is 0. The average Bonchev–Trinajstić information content (AvgIpc) is 3.10. The molecule has 0 fully saturated rings. The number of benzene rings is 2. The van der Waals surface area contributed by atoms with Crippen molar-refractivity contribution in [2.45, 2.75) is 10.9 Å². The zero-order valence-corrected chi connectivity index (χ0v) is 13.4. The Kier molecular flexibility index (Phi) is 3.35. The molecule has 3 nitrogen and oxygen atoms in total. The molecule has 0 saturated heterocycles. The second-order valence-corrected chi connectivity index (χ2v) is 7.08. The van der Waals surface area contributed by atoms with Crippen molar-refractivity contribution in [3.05, 3.63) is 54.1 Å². The number of rotatable bonds is 3. The van der Waals surface area contributed by atoms with Gasteiger partial charge in [0.15, 0.2) is 4.34 Å². The maximum absolute atomic E-state index is 13.2. The Morgan fingerprint density at radius 3 is 2.95 bits per heavy atom. The Morgan fingerprint density at radius 1 is 1.18 bits per heavy atom. The van der Waals surface area contributed by atoms with Crippen LogP contribution < -0.4 is 0 Å². The Balaban J connectivity index is 1.72. The van der Waals surface area contributed by atoms with Crippen molar-refractivity contribution in [3.8, 4) is 0 Å². The summed E-state index contributed by atoms with van der Waals surface area (Å²) in [5.74, 6) is -0.256. The minimum atomic E-state index is -0.256. The number of nitrogens with zero attached hydrogens (tertiary/aromatic N) is 3. The molecule has 4 rings (SSSR count). The summed E-state index contributed by atoms with van der Waals surface area (Å²) in [6.07, 6.45) is 3.80. The summed E-state index contributed by atoms with van der Waals surface area (Å²) in [4.78, 5) is 8.81. The molecular formula is C16H12FN3S2. The van der Waals surface area contributed by atoms with Gasteiger partial charge in [-0.15, -0.1) is 11.3 Å². The van der Waals surface area contributed by atoms with E-state index >= 15 is 0 Å². The molecule has 2 heterocycles. The summed E-state index contributed by atoms with van der Waals surface area (Å²) in [6.45, 7) is 0.713. The van der Waals surface area contributed by atoms with E-state index < -0.39 is 0 Å². The summed E-state index contributed by atoms with van der Waals surface area (Å²) >= 11 is 3.37. The van der Waals surface area contributed by atoms with E-state index in [0.717, 1.165) is 15.4 Å². The molecule has 0 aliphatic rings. The number of hydrogen-bond donors (Lipinski definition) is 0. The van der Waals surface area contributed by atoms with E-state index in [2.05, 4.69) is 28.2 Å². The molecule has 0 atom stereocenters. The van der Waals surface area contributed by atoms with Gasteiger partial charge in [0.2, 0.25) is 0 Å². The lowest BCUT2D eigenvalue weighted by Gasteiger charge is -2.04. The molecule has 0 amide bonds. The van der Waals surface area contributed by atoms with E-state index in [-0.39, 0.29) is 5.82 Å². The predicted molar refractivity (Wildman–Crippen MR) is 90.2 cm³/mol. The fourth-order valence-electron chi connectivity index (χ4n) is 2.49. The van der Waals surface area contributed by atoms with Crippen LogP contribution in [0.25, 0.3) is 21.3 Å². The van der Waals surface area contributed by atoms with Crippen LogP contribution in [-0.2, 0) is 6.54 Å². The van der Waals surface area contributed by atoms with Crippen molar-refractivity contribution in [1.82, 2.24) is 14.5 Å². The Morgan fingerprint density at radius 2 is 2.09 bits per heavy atom. The van der Waals surface area contributed by atoms with Gasteiger partial charge in [0, 0.05) is 12.6 Å². The van der Waals surface area contributed by atoms with Crippen LogP contribution in [0.1, 0.15) is 5.56 Å². The highest BCUT2D eigenvalue weighted by atomic mass is 32.2. The Hall–Kier alpha value is -1.92. The number of aromatic nitrogens is 3. The molecule has 2 aromatic heterocycles. The second-order valence-electron chi connectivity index (χ2n) is 4.99. The van der Waals surface area contributed by atoms with Gasteiger partial charge in [-0.3, -0.25) is 0 Å². The Bertz CT molecular complexity index is 974. The monoisotopic (exact) mass is 329 g/mol. The highest BCUT2D eigenvalue weighted by Gasteiger charge is 2.07. The molecule has 0 unspecified atom stereocenters. The molecule has 2 aromatic carbocycles. The van der Waals surface area contributed by atoms with Crippen LogP contribution in [0.3, 0.4) is 0 Å². The first kappa shape index (κ1) is 13.7. The molecule has 0 aliphatic carbocycles. The SMILES string of the molecule is CSc1nc2ccc(Cn3cnc4cc(F)ccc43)cc2s1. The number of imidazole rings is 1. The molecule has 0 N–H and O–H groups in total. The van der Waals surface area contributed by atoms with Gasteiger partial charge in [0.25, 0.3) is 0 Å². The lowest BCUT2D eigenvalue weighted by Crippen LogP contribution is -1.97. The van der Waals surface area contributed by atoms with Crippen molar-refractivity contribution in [3.63, 3.8) is 0 Å². The van der Waals surface area contributed by atoms with E-state index in [0.29, 0.717) is 12.1 Å². The second kappa shape index (κ2) is 5.37. The number of thiazole rings is 1. The quantitative estimate of drug-likeness (QED) is 0.516. The largest absolute Gasteiger partial charge is 0.326 e. The lowest BCUT2D eigenvalue weighted by molar-refractivity contribution is 0.629. The number of halogens is 1. The zero-order valence-electron chi connectivity index (χ0n) is 11.8. The summed E-state index contributed by atoms with van der Waals surface area (Å²) in [7, 11) is 0. The van der Waals surface area contributed by atoms with Gasteiger partial charge in [-0.2, -0.15) is 0 Å². The number of fused-ring (bicyclic) bond motifs is 2. The van der Waals surface area contributed by atoms with Crippen LogP contribution in [0.5, 0.6) is 0 Å². The molecule has 22 heavy (non-hydrogen) atoms. The topological polar surface area (TPSA) is 30.7 Å². The number of thioether (sulfide) groups is 1. The smallest absolute Gasteiger partial charge is 0.150 e. The van der Waals surface area contributed by atoms with Gasteiger partial charge in [0.05, 0.1) is 27.6 Å². The molecule has 6 heteroatoms. The summed E-state index contributed by atoms with van der Waals surface area (Å²) < 4.78 is 17.5. The van der Waals surface area contributed by atoms with Crippen molar-refractivity contribution in [1.29, 1.82) is 0 Å². The predicted octanol–water partition coefficient (Wildman–Crippen LogP) is 4.56. The Labute approximate surface area is 134 Å². The van der Waals surface area contributed by atoms with E-state index in [4.69, 9.17) is 0 Å². The highest BCUT2D eigenvalue weighted by molar-refractivity contribution is 8.00. The average molecular weight is 329 g/mol. The van der Waals surface area contributed by atoms with Crippen LogP contribution in [-0.4, -0.2) is 20.8 Å². The van der Waals surface area contributed by atoms with Crippen LogP contribution in [0.2, 0.25) is 0 Å². The summed E-state index contributed by atoms with van der Waals surface area (Å²) in [5.41, 5.74) is 3.85. The van der Waals surface area contributed by atoms with Crippen molar-refractivity contribution in [2.75, 3.05) is 6.26 Å². The molecule has 0 spiro atoms. The van der Waals surface area contributed by atoms with Crippen LogP contribution >= 0.6 is 23.1 Å². The number of hydrogen-bond acceptors (Lipinski definition) is 4. The first-order valence-corrected chi connectivity index (χ1v) is 8.81. The van der Waals surface area contributed by atoms with Gasteiger partial charge in [-0.1, -0.05) is 17.8 Å². The first-order valence-electron chi connectivity index (χ1n) is 6.77. The van der Waals surface area contributed by atoms with Crippen LogP contribution in [0.4, 0.5) is 4.39 Å². The maximum Gasteiger partial charge on any atom is 0.150 e. The highest BCUT2D eigenvalue weighted by Crippen LogP contribution is 2.29. The van der Waals surface area contributed by atoms with E-state index in [9.17, 15) is 4.39 Å². The van der Waals surface area contributed by atoms with E-state index in [1.54, 1.807) is 35.5 Å². The minimum absolute atomic E-state index is 0.256. The molecule has 4 aromatic rings. The zero-order chi connectivity index (χ0) is 15.1. The van der Waals surface area contributed by atoms with Gasteiger partial charge in [-0.05, 0) is 36.1 Å². The van der Waals surface area contributed by atoms with Crippen LogP contribution in [0.15, 0.2) is 47.1 Å². The van der Waals surface area contributed by atoms with Crippen molar-refractivity contribution in [2.24, 2.45) is 0 Å². The third-order valence-electron chi connectivity index (χ3n) is 3.54. The van der Waals surface area contributed by atoms with Gasteiger partial charge < -0.3 is 4.57 Å². The fourth-order valence-corrected chi connectivity index (χ4v) is 4.05. The standard InChI is InChI=1S/C16H12FN3S2/c1-21-16-19-12-4-2-10(6-15(12)22-16)8-20-9-18-13-7-11(17)3-5-14(13)20/h2-7,9H,8H2,1H3. The van der Waals surface area contributed by atoms with E-state index in [1.165, 1.54) is 22.4 Å². The summed E-state index contributed by atoms with van der Waals surface area (Å²) in [6, 6.07) is 11.0. The molecular weight excluding hydrogens is 317 g/mol. The molecule has 110 valence electrons.